The number of nitrogens with zero attached hydrogens (tertiary/aromatic N) is 1. The molecule has 0 aliphatic heterocycles. The van der Waals surface area contributed by atoms with Gasteiger partial charge in [0.25, 0.3) is 0 Å². The summed E-state index contributed by atoms with van der Waals surface area (Å²) < 4.78 is 0. The molecule has 0 saturated heterocycles. The van der Waals surface area contributed by atoms with Crippen LogP contribution in [0.2, 0.25) is 0 Å². The van der Waals surface area contributed by atoms with Crippen molar-refractivity contribution in [2.45, 2.75) is 20.0 Å². The summed E-state index contributed by atoms with van der Waals surface area (Å²) in [5, 5.41) is 1.49. The first-order chi connectivity index (χ1) is 14.9. The van der Waals surface area contributed by atoms with Crippen LogP contribution in [0, 0.1) is 13.8 Å². The summed E-state index contributed by atoms with van der Waals surface area (Å²) in [5.74, 6) is 0. The molecule has 0 aliphatic carbocycles. The molecule has 0 aromatic heterocycles. The second-order valence-electron chi connectivity index (χ2n) is 8.85. The number of anilines is 3. The highest BCUT2D eigenvalue weighted by molar-refractivity contribution is 7.80. The second kappa shape index (κ2) is 9.08. The van der Waals surface area contributed by atoms with Crippen LogP contribution in [-0.4, -0.2) is 13.3 Å². The molecule has 0 bridgehead atoms. The van der Waals surface area contributed by atoms with Crippen LogP contribution in [0.25, 0.3) is 0 Å². The highest BCUT2D eigenvalue weighted by Crippen LogP contribution is 2.53. The smallest absolute Gasteiger partial charge is 0.0937 e. The molecule has 0 heterocycles. The van der Waals surface area contributed by atoms with Gasteiger partial charge in [0.05, 0.1) is 24.8 Å². The summed E-state index contributed by atoms with van der Waals surface area (Å²) in [7, 11) is -1.20. The number of benzene rings is 4. The average Bonchev–Trinajstić information content (AvgIpc) is 2.78. The Bertz CT molecular complexity index is 1070. The van der Waals surface area contributed by atoms with Crippen LogP contribution in [0.1, 0.15) is 16.7 Å². The number of hydrogen-bond donors (Lipinski definition) is 0. The Morgan fingerprint density at radius 2 is 0.968 bits per heavy atom. The maximum Gasteiger partial charge on any atom is 0.0937 e. The number of aryl methyl sites for hydroxylation is 2. The van der Waals surface area contributed by atoms with Crippen molar-refractivity contribution in [2.75, 3.05) is 18.2 Å². The topological polar surface area (TPSA) is 3.24 Å². The van der Waals surface area contributed by atoms with E-state index in [1.54, 1.807) is 0 Å². The van der Waals surface area contributed by atoms with E-state index >= 15 is 0 Å². The zero-order valence-electron chi connectivity index (χ0n) is 18.9. The van der Waals surface area contributed by atoms with Gasteiger partial charge in [0, 0.05) is 24.3 Å². The van der Waals surface area contributed by atoms with Crippen LogP contribution >= 0.6 is 7.26 Å². The normalized spacial score (nSPS) is 11.4. The molecular formula is C29H31NP+. The van der Waals surface area contributed by atoms with Crippen molar-refractivity contribution < 1.29 is 0 Å². The quantitative estimate of drug-likeness (QED) is 0.285. The molecule has 0 radical (unpaired) electrons. The minimum Gasteiger partial charge on any atom is -0.311 e. The summed E-state index contributed by atoms with van der Waals surface area (Å²) >= 11 is 0. The molecule has 0 aliphatic rings. The molecule has 0 fully saturated rings. The van der Waals surface area contributed by atoms with Gasteiger partial charge < -0.3 is 4.90 Å². The Balaban J connectivity index is 1.65. The lowest BCUT2D eigenvalue weighted by Gasteiger charge is -2.26. The van der Waals surface area contributed by atoms with Gasteiger partial charge >= 0.3 is 0 Å². The first-order valence-corrected chi connectivity index (χ1v) is 13.7. The highest BCUT2D eigenvalue weighted by Gasteiger charge is 2.28. The largest absolute Gasteiger partial charge is 0.311 e. The fraction of sp³-hybridized carbons (Fsp3) is 0.172. The Hall–Kier alpha value is -2.89. The summed E-state index contributed by atoms with van der Waals surface area (Å²) in [6.07, 6.45) is 1.12. The Morgan fingerprint density at radius 1 is 0.548 bits per heavy atom. The molecule has 156 valence electrons. The summed E-state index contributed by atoms with van der Waals surface area (Å²) in [5.41, 5.74) is 7.50. The Morgan fingerprint density at radius 3 is 1.42 bits per heavy atom. The van der Waals surface area contributed by atoms with Crippen molar-refractivity contribution in [1.82, 2.24) is 0 Å². The summed E-state index contributed by atoms with van der Waals surface area (Å²) in [6, 6.07) is 37.6. The van der Waals surface area contributed by atoms with E-state index in [4.69, 9.17) is 0 Å². The SMILES string of the molecule is Cc1ccc(N(c2ccc(C)cc2)c2ccc(C[P+](C)(C)c3ccccc3)cc2)cc1. The van der Waals surface area contributed by atoms with Gasteiger partial charge in [0.1, 0.15) is 0 Å². The van der Waals surface area contributed by atoms with Gasteiger partial charge in [0.2, 0.25) is 0 Å². The van der Waals surface area contributed by atoms with Crippen molar-refractivity contribution >= 4 is 29.6 Å². The zero-order valence-corrected chi connectivity index (χ0v) is 19.8. The van der Waals surface area contributed by atoms with E-state index in [0.717, 1.165) is 6.16 Å². The Labute approximate surface area is 187 Å². The lowest BCUT2D eigenvalue weighted by atomic mass is 10.1. The van der Waals surface area contributed by atoms with Crippen LogP contribution < -0.4 is 10.2 Å². The van der Waals surface area contributed by atoms with Gasteiger partial charge in [-0.2, -0.15) is 0 Å². The van der Waals surface area contributed by atoms with Crippen LogP contribution in [0.3, 0.4) is 0 Å². The van der Waals surface area contributed by atoms with E-state index in [2.05, 4.69) is 135 Å². The molecule has 0 amide bonds. The highest BCUT2D eigenvalue weighted by atomic mass is 31.2. The van der Waals surface area contributed by atoms with Gasteiger partial charge in [-0.1, -0.05) is 65.7 Å². The number of hydrogen-bond acceptors (Lipinski definition) is 1. The van der Waals surface area contributed by atoms with E-state index in [0.29, 0.717) is 0 Å². The zero-order chi connectivity index (χ0) is 21.8. The molecule has 4 aromatic rings. The van der Waals surface area contributed by atoms with Crippen LogP contribution in [0.4, 0.5) is 17.1 Å². The van der Waals surface area contributed by atoms with Crippen LogP contribution in [0.15, 0.2) is 103 Å². The molecule has 4 rings (SSSR count). The van der Waals surface area contributed by atoms with E-state index in [1.807, 2.05) is 0 Å². The minimum atomic E-state index is -1.20. The molecule has 4 aromatic carbocycles. The van der Waals surface area contributed by atoms with Crippen molar-refractivity contribution in [3.63, 3.8) is 0 Å². The maximum absolute atomic E-state index is 2.43. The van der Waals surface area contributed by atoms with Crippen molar-refractivity contribution in [2.24, 2.45) is 0 Å². The molecular weight excluding hydrogens is 393 g/mol. The fourth-order valence-corrected chi connectivity index (χ4v) is 6.25. The molecule has 0 saturated carbocycles. The standard InChI is InChI=1S/C29H31NP/c1-23-10-16-26(17-11-23)30(27-18-12-24(2)13-19-27)28-20-14-25(15-21-28)22-31(3,4)29-8-6-5-7-9-29/h5-21H,22H2,1-4H3/q+1. The van der Waals surface area contributed by atoms with Gasteiger partial charge in [0.15, 0.2) is 0 Å². The maximum atomic E-state index is 2.43. The van der Waals surface area contributed by atoms with Gasteiger partial charge in [-0.25, -0.2) is 0 Å². The third kappa shape index (κ3) is 5.06. The van der Waals surface area contributed by atoms with Crippen molar-refractivity contribution in [3.8, 4) is 0 Å². The predicted molar refractivity (Wildman–Crippen MR) is 139 cm³/mol. The molecule has 0 spiro atoms. The molecule has 31 heavy (non-hydrogen) atoms. The second-order valence-corrected chi connectivity index (χ2v) is 13.1. The van der Waals surface area contributed by atoms with E-state index < -0.39 is 7.26 Å². The summed E-state index contributed by atoms with van der Waals surface area (Å²) in [6.45, 7) is 9.13. The lowest BCUT2D eigenvalue weighted by Crippen LogP contribution is -2.11. The first kappa shape index (κ1) is 21.3. The number of rotatable bonds is 6. The van der Waals surface area contributed by atoms with Gasteiger partial charge in [-0.15, -0.1) is 0 Å². The molecule has 2 heteroatoms. The molecule has 0 atom stereocenters. The minimum absolute atomic E-state index is 1.12. The van der Waals surface area contributed by atoms with Crippen LogP contribution in [-0.2, 0) is 6.16 Å². The first-order valence-electron chi connectivity index (χ1n) is 10.8. The third-order valence-corrected chi connectivity index (χ3v) is 8.66. The Kier molecular flexibility index (Phi) is 6.25. The summed E-state index contributed by atoms with van der Waals surface area (Å²) in [4.78, 5) is 2.33. The molecule has 0 unspecified atom stereocenters. The van der Waals surface area contributed by atoms with E-state index in [1.165, 1.54) is 39.1 Å². The van der Waals surface area contributed by atoms with Crippen molar-refractivity contribution in [1.29, 1.82) is 0 Å². The molecule has 0 N–H and O–H groups in total. The van der Waals surface area contributed by atoms with Crippen LogP contribution in [0.5, 0.6) is 0 Å². The fourth-order valence-electron chi connectivity index (χ4n) is 3.96. The predicted octanol–water partition coefficient (Wildman–Crippen LogP) is 7.88. The van der Waals surface area contributed by atoms with Crippen molar-refractivity contribution in [3.05, 3.63) is 120 Å². The average molecular weight is 425 g/mol. The lowest BCUT2D eigenvalue weighted by molar-refractivity contribution is 1.26. The van der Waals surface area contributed by atoms with Gasteiger partial charge in [-0.05, 0) is 67.9 Å². The van der Waals surface area contributed by atoms with Gasteiger partial charge in [-0.3, -0.25) is 0 Å². The molecule has 1 nitrogen and oxygen atoms in total. The monoisotopic (exact) mass is 424 g/mol. The van der Waals surface area contributed by atoms with E-state index in [9.17, 15) is 0 Å². The van der Waals surface area contributed by atoms with E-state index in [-0.39, 0.29) is 0 Å². The third-order valence-electron chi connectivity index (χ3n) is 5.81.